The topological polar surface area (TPSA) is 80.9 Å². The molecule has 0 heterocycles. The van der Waals surface area contributed by atoms with Gasteiger partial charge in [0.05, 0.1) is 23.0 Å². The summed E-state index contributed by atoms with van der Waals surface area (Å²) in [6.45, 7) is 7.99. The maximum atomic E-state index is 10.5. The Kier molecular flexibility index (Phi) is 8.56. The van der Waals surface area contributed by atoms with Crippen LogP contribution < -0.4 is 0 Å². The molecule has 0 fully saturated rings. The van der Waals surface area contributed by atoms with Crippen LogP contribution in [-0.4, -0.2) is 20.4 Å². The molecule has 2 unspecified atom stereocenters. The van der Waals surface area contributed by atoms with Gasteiger partial charge in [-0.1, -0.05) is 27.7 Å². The van der Waals surface area contributed by atoms with Crippen LogP contribution in [0.2, 0.25) is 0 Å². The molecule has 0 radical (unpaired) electrons. The van der Waals surface area contributed by atoms with Crippen molar-refractivity contribution in [1.29, 1.82) is 0 Å². The molecule has 154 valence electrons. The van der Waals surface area contributed by atoms with Crippen molar-refractivity contribution in [1.82, 2.24) is 0 Å². The van der Waals surface area contributed by atoms with Crippen molar-refractivity contribution in [3.63, 3.8) is 0 Å². The van der Waals surface area contributed by atoms with E-state index in [-0.39, 0.29) is 24.7 Å². The molecule has 0 spiro atoms. The molecule has 0 saturated carbocycles. The van der Waals surface area contributed by atoms with Gasteiger partial charge in [0.2, 0.25) is 0 Å². The number of phenols is 2. The second-order valence-electron chi connectivity index (χ2n) is 7.16. The lowest BCUT2D eigenvalue weighted by molar-refractivity contribution is 0.274. The third kappa shape index (κ3) is 5.17. The first-order valence-electron chi connectivity index (χ1n) is 9.63. The Balaban J connectivity index is 2.38. The molecule has 2 rings (SSSR count). The summed E-state index contributed by atoms with van der Waals surface area (Å²) in [5.74, 6) is 0.788. The molecule has 4 nitrogen and oxygen atoms in total. The fraction of sp³-hybridized carbons (Fsp3) is 0.455. The lowest BCUT2D eigenvalue weighted by Gasteiger charge is -2.17. The minimum atomic E-state index is -0.224. The highest BCUT2D eigenvalue weighted by atomic mass is 33.1. The van der Waals surface area contributed by atoms with Crippen LogP contribution in [-0.2, 0) is 13.2 Å². The van der Waals surface area contributed by atoms with E-state index in [1.54, 1.807) is 0 Å². The molecule has 28 heavy (non-hydrogen) atoms. The monoisotopic (exact) mass is 422 g/mol. The normalized spacial score (nSPS) is 13.5. The summed E-state index contributed by atoms with van der Waals surface area (Å²) in [4.78, 5) is 1.32. The average Bonchev–Trinajstić information content (AvgIpc) is 2.72. The van der Waals surface area contributed by atoms with Crippen molar-refractivity contribution >= 4 is 21.6 Å². The number of benzene rings is 2. The minimum absolute atomic E-state index is 0.0759. The Hall–Kier alpha value is -1.34. The molecule has 2 aromatic rings. The van der Waals surface area contributed by atoms with Crippen molar-refractivity contribution in [3.05, 3.63) is 46.5 Å². The Morgan fingerprint density at radius 3 is 1.36 bits per heavy atom. The lowest BCUT2D eigenvalue weighted by atomic mass is 9.96. The van der Waals surface area contributed by atoms with Gasteiger partial charge in [0.15, 0.2) is 0 Å². The molecule has 2 aromatic carbocycles. The largest absolute Gasteiger partial charge is 0.506 e. The van der Waals surface area contributed by atoms with Crippen molar-refractivity contribution < 1.29 is 20.4 Å². The lowest BCUT2D eigenvalue weighted by Crippen LogP contribution is -1.96. The van der Waals surface area contributed by atoms with Gasteiger partial charge in [-0.3, -0.25) is 0 Å². The molecule has 4 N–H and O–H groups in total. The van der Waals surface area contributed by atoms with Gasteiger partial charge in [0, 0.05) is 11.1 Å². The van der Waals surface area contributed by atoms with Gasteiger partial charge in [-0.05, 0) is 81.7 Å². The van der Waals surface area contributed by atoms with Crippen LogP contribution in [0.5, 0.6) is 11.5 Å². The Morgan fingerprint density at radius 2 is 1.07 bits per heavy atom. The summed E-state index contributed by atoms with van der Waals surface area (Å²) < 4.78 is 0. The Morgan fingerprint density at radius 1 is 0.714 bits per heavy atom. The molecule has 0 aromatic heterocycles. The van der Waals surface area contributed by atoms with E-state index in [9.17, 15) is 20.4 Å². The SMILES string of the molecule is CCC(C)c1cc(CO)c(O)c(SSc2cc(C(C)CC)cc(CO)c2O)c1. The van der Waals surface area contributed by atoms with E-state index in [4.69, 9.17) is 0 Å². The predicted octanol–water partition coefficient (Wildman–Crippen LogP) is 5.91. The van der Waals surface area contributed by atoms with E-state index in [2.05, 4.69) is 27.7 Å². The number of rotatable bonds is 9. The van der Waals surface area contributed by atoms with Crippen LogP contribution in [0.3, 0.4) is 0 Å². The molecule has 0 amide bonds. The fourth-order valence-electron chi connectivity index (χ4n) is 2.88. The van der Waals surface area contributed by atoms with Gasteiger partial charge in [0.1, 0.15) is 11.5 Å². The van der Waals surface area contributed by atoms with E-state index in [1.807, 2.05) is 24.3 Å². The standard InChI is InChI=1S/C22H30O4S2/c1-5-13(3)15-7-17(11-23)21(25)19(9-15)27-28-20-10-16(14(4)6-2)8-18(12-24)22(20)26/h7-10,13-14,23-26H,5-6,11-12H2,1-4H3. The highest BCUT2D eigenvalue weighted by Crippen LogP contribution is 2.48. The number of hydrogen-bond donors (Lipinski definition) is 4. The zero-order chi connectivity index (χ0) is 20.8. The summed E-state index contributed by atoms with van der Waals surface area (Å²) in [6.07, 6.45) is 1.93. The third-order valence-electron chi connectivity index (χ3n) is 5.28. The molecule has 0 bridgehead atoms. The second kappa shape index (κ2) is 10.4. The van der Waals surface area contributed by atoms with Gasteiger partial charge in [0.25, 0.3) is 0 Å². The van der Waals surface area contributed by atoms with Crippen LogP contribution in [0.25, 0.3) is 0 Å². The predicted molar refractivity (Wildman–Crippen MR) is 117 cm³/mol. The van der Waals surface area contributed by atoms with Crippen molar-refractivity contribution in [3.8, 4) is 11.5 Å². The zero-order valence-corrected chi connectivity index (χ0v) is 18.5. The van der Waals surface area contributed by atoms with E-state index in [0.717, 1.165) is 24.0 Å². The molecule has 0 aliphatic rings. The molecule has 0 saturated heterocycles. The molecular formula is C22H30O4S2. The fourth-order valence-corrected chi connectivity index (χ4v) is 5.15. The Labute approximate surface area is 175 Å². The van der Waals surface area contributed by atoms with Crippen molar-refractivity contribution in [2.24, 2.45) is 0 Å². The summed E-state index contributed by atoms with van der Waals surface area (Å²) >= 11 is 0. The molecular weight excluding hydrogens is 392 g/mol. The number of aliphatic hydroxyl groups excluding tert-OH is 2. The summed E-state index contributed by atoms with van der Waals surface area (Å²) in [7, 11) is 2.69. The summed E-state index contributed by atoms with van der Waals surface area (Å²) in [6, 6.07) is 7.60. The van der Waals surface area contributed by atoms with E-state index < -0.39 is 0 Å². The molecule has 0 aliphatic carbocycles. The first-order valence-corrected chi connectivity index (χ1v) is 11.8. The van der Waals surface area contributed by atoms with Crippen LogP contribution >= 0.6 is 21.6 Å². The number of aromatic hydroxyl groups is 2. The molecule has 2 atom stereocenters. The third-order valence-corrected chi connectivity index (χ3v) is 7.67. The van der Waals surface area contributed by atoms with Crippen LogP contribution in [0.4, 0.5) is 0 Å². The first-order chi connectivity index (χ1) is 13.4. The van der Waals surface area contributed by atoms with Gasteiger partial charge in [-0.2, -0.15) is 0 Å². The number of hydrogen-bond acceptors (Lipinski definition) is 6. The average molecular weight is 423 g/mol. The minimum Gasteiger partial charge on any atom is -0.506 e. The highest BCUT2D eigenvalue weighted by Gasteiger charge is 2.17. The molecule has 6 heteroatoms. The smallest absolute Gasteiger partial charge is 0.135 e. The van der Waals surface area contributed by atoms with E-state index in [0.29, 0.717) is 32.8 Å². The maximum absolute atomic E-state index is 10.5. The van der Waals surface area contributed by atoms with Crippen LogP contribution in [0.1, 0.15) is 74.6 Å². The van der Waals surface area contributed by atoms with Gasteiger partial charge in [-0.15, -0.1) is 0 Å². The van der Waals surface area contributed by atoms with Gasteiger partial charge >= 0.3 is 0 Å². The van der Waals surface area contributed by atoms with Crippen molar-refractivity contribution in [2.75, 3.05) is 0 Å². The van der Waals surface area contributed by atoms with Gasteiger partial charge in [-0.25, -0.2) is 0 Å². The summed E-state index contributed by atoms with van der Waals surface area (Å²) in [5, 5.41) is 40.2. The van der Waals surface area contributed by atoms with Crippen LogP contribution in [0.15, 0.2) is 34.1 Å². The Bertz CT molecular complexity index is 740. The van der Waals surface area contributed by atoms with Crippen molar-refractivity contribution in [2.45, 2.75) is 75.4 Å². The highest BCUT2D eigenvalue weighted by molar-refractivity contribution is 8.76. The van der Waals surface area contributed by atoms with E-state index >= 15 is 0 Å². The van der Waals surface area contributed by atoms with E-state index in [1.165, 1.54) is 21.6 Å². The number of aliphatic hydroxyl groups is 2. The molecule has 0 aliphatic heterocycles. The first kappa shape index (κ1) is 22.9. The quantitative estimate of drug-likeness (QED) is 0.376. The maximum Gasteiger partial charge on any atom is 0.135 e. The zero-order valence-electron chi connectivity index (χ0n) is 16.9. The summed E-state index contributed by atoms with van der Waals surface area (Å²) in [5.41, 5.74) is 3.16. The second-order valence-corrected chi connectivity index (χ2v) is 9.37. The van der Waals surface area contributed by atoms with Gasteiger partial charge < -0.3 is 20.4 Å². The van der Waals surface area contributed by atoms with Crippen LogP contribution in [0, 0.1) is 0 Å².